The number of nitrogens with zero attached hydrogens (tertiary/aromatic N) is 2. The highest BCUT2D eigenvalue weighted by Crippen LogP contribution is 2.27. The number of aryl methyl sites for hydroxylation is 1. The molecule has 1 atom stereocenters. The summed E-state index contributed by atoms with van der Waals surface area (Å²) in [5, 5.41) is 8.00. The first kappa shape index (κ1) is 19.7. The van der Waals surface area contributed by atoms with Gasteiger partial charge in [-0.1, -0.05) is 24.3 Å². The van der Waals surface area contributed by atoms with Crippen LogP contribution in [0.3, 0.4) is 0 Å². The molecular weight excluding hydrogens is 376 g/mol. The summed E-state index contributed by atoms with van der Waals surface area (Å²) in [5.41, 5.74) is 3.93. The van der Waals surface area contributed by atoms with E-state index in [0.29, 0.717) is 32.9 Å². The molecule has 4 rings (SSSR count). The zero-order valence-corrected chi connectivity index (χ0v) is 16.2. The van der Waals surface area contributed by atoms with Crippen molar-refractivity contribution in [2.45, 2.75) is 19.6 Å². The van der Waals surface area contributed by atoms with Gasteiger partial charge in [-0.2, -0.15) is 5.10 Å². The lowest BCUT2D eigenvalue weighted by molar-refractivity contribution is -0.0864. The molecule has 7 heteroatoms. The first-order chi connectivity index (χ1) is 14.1. The lowest BCUT2D eigenvalue weighted by atomic mass is 10.0. The quantitative estimate of drug-likeness (QED) is 0.688. The van der Waals surface area contributed by atoms with Gasteiger partial charge < -0.3 is 14.8 Å². The summed E-state index contributed by atoms with van der Waals surface area (Å²) in [6.45, 7) is 4.98. The Kier molecular flexibility index (Phi) is 5.99. The second kappa shape index (κ2) is 8.82. The maximum atomic E-state index is 14.3. The topological polar surface area (TPSA) is 48.3 Å². The predicted octanol–water partition coefficient (Wildman–Crippen LogP) is 3.63. The number of hydrogen-bond donors (Lipinski definition) is 1. The van der Waals surface area contributed by atoms with E-state index in [-0.39, 0.29) is 11.8 Å². The molecule has 0 spiro atoms. The van der Waals surface area contributed by atoms with Gasteiger partial charge in [0.05, 0.1) is 31.6 Å². The van der Waals surface area contributed by atoms with Crippen molar-refractivity contribution in [3.63, 3.8) is 0 Å². The molecule has 1 aliphatic heterocycles. The van der Waals surface area contributed by atoms with E-state index in [1.807, 2.05) is 31.2 Å². The number of nitrogens with one attached hydrogen (secondary N) is 1. The van der Waals surface area contributed by atoms with Crippen LogP contribution in [0.5, 0.6) is 0 Å². The summed E-state index contributed by atoms with van der Waals surface area (Å²) in [6.07, 6.45) is 1.79. The number of hydrogen-bond acceptors (Lipinski definition) is 4. The van der Waals surface area contributed by atoms with Gasteiger partial charge in [-0.05, 0) is 24.6 Å². The van der Waals surface area contributed by atoms with Crippen LogP contribution in [-0.4, -0.2) is 42.2 Å². The molecule has 0 saturated carbocycles. The molecular formula is C22H23F2N3O2. The summed E-state index contributed by atoms with van der Waals surface area (Å²) in [7, 11) is 0. The van der Waals surface area contributed by atoms with Crippen LogP contribution in [0.4, 0.5) is 8.78 Å². The Morgan fingerprint density at radius 3 is 2.79 bits per heavy atom. The second-order valence-electron chi connectivity index (χ2n) is 7.06. The Morgan fingerprint density at radius 2 is 2.03 bits per heavy atom. The average molecular weight is 399 g/mol. The van der Waals surface area contributed by atoms with E-state index in [4.69, 9.17) is 9.47 Å². The van der Waals surface area contributed by atoms with Crippen molar-refractivity contribution in [1.29, 1.82) is 0 Å². The zero-order valence-electron chi connectivity index (χ0n) is 16.2. The van der Waals surface area contributed by atoms with Gasteiger partial charge in [0.15, 0.2) is 5.82 Å². The van der Waals surface area contributed by atoms with E-state index >= 15 is 0 Å². The molecule has 5 nitrogen and oxygen atoms in total. The summed E-state index contributed by atoms with van der Waals surface area (Å²) in [4.78, 5) is 0. The van der Waals surface area contributed by atoms with E-state index in [1.165, 1.54) is 16.8 Å². The Bertz CT molecular complexity index is 984. The van der Waals surface area contributed by atoms with Crippen LogP contribution in [0.25, 0.3) is 16.9 Å². The number of ether oxygens (including phenoxy) is 2. The van der Waals surface area contributed by atoms with Crippen molar-refractivity contribution in [3.8, 4) is 16.9 Å². The van der Waals surface area contributed by atoms with Gasteiger partial charge in [-0.15, -0.1) is 0 Å². The van der Waals surface area contributed by atoms with Crippen molar-refractivity contribution < 1.29 is 18.3 Å². The highest BCUT2D eigenvalue weighted by atomic mass is 19.1. The number of aromatic nitrogens is 2. The molecule has 1 aromatic heterocycles. The van der Waals surface area contributed by atoms with E-state index in [2.05, 4.69) is 10.4 Å². The monoisotopic (exact) mass is 399 g/mol. The maximum absolute atomic E-state index is 14.3. The Morgan fingerprint density at radius 1 is 1.17 bits per heavy atom. The molecule has 29 heavy (non-hydrogen) atoms. The molecule has 2 heterocycles. The van der Waals surface area contributed by atoms with E-state index in [0.717, 1.165) is 28.5 Å². The van der Waals surface area contributed by atoms with Crippen molar-refractivity contribution in [1.82, 2.24) is 15.1 Å². The lowest BCUT2D eigenvalue weighted by Crippen LogP contribution is -2.37. The molecule has 3 aromatic rings. The fourth-order valence-electron chi connectivity index (χ4n) is 3.42. The molecule has 1 fully saturated rings. The summed E-state index contributed by atoms with van der Waals surface area (Å²) < 4.78 is 40.2. The molecule has 0 aliphatic carbocycles. The SMILES string of the molecule is Cc1ccccc1-c1nn(-c2ccc(F)cc2F)cc1CNCC1COCCO1. The fraction of sp³-hybridized carbons (Fsp3) is 0.318. The van der Waals surface area contributed by atoms with Gasteiger partial charge >= 0.3 is 0 Å². The van der Waals surface area contributed by atoms with Gasteiger partial charge in [0.2, 0.25) is 0 Å². The Hall–Kier alpha value is -2.61. The fourth-order valence-corrected chi connectivity index (χ4v) is 3.42. The van der Waals surface area contributed by atoms with Crippen LogP contribution in [0.1, 0.15) is 11.1 Å². The summed E-state index contributed by atoms with van der Waals surface area (Å²) >= 11 is 0. The molecule has 152 valence electrons. The maximum Gasteiger partial charge on any atom is 0.151 e. The third-order valence-corrected chi connectivity index (χ3v) is 4.92. The van der Waals surface area contributed by atoms with Gasteiger partial charge in [0.25, 0.3) is 0 Å². The second-order valence-corrected chi connectivity index (χ2v) is 7.06. The summed E-state index contributed by atoms with van der Waals surface area (Å²) in [5.74, 6) is -1.27. The van der Waals surface area contributed by atoms with E-state index in [9.17, 15) is 8.78 Å². The highest BCUT2D eigenvalue weighted by Gasteiger charge is 2.18. The molecule has 1 saturated heterocycles. The van der Waals surface area contributed by atoms with Crippen molar-refractivity contribution in [2.24, 2.45) is 0 Å². The molecule has 0 amide bonds. The standard InChI is InChI=1S/C22H23F2N3O2/c1-15-4-2-3-5-19(15)22-16(11-25-12-18-14-28-8-9-29-18)13-27(26-22)21-7-6-17(23)10-20(21)24/h2-7,10,13,18,25H,8-9,11-12,14H2,1H3. The minimum atomic E-state index is -0.656. The minimum absolute atomic E-state index is 0.00949. The van der Waals surface area contributed by atoms with Gasteiger partial charge in [0.1, 0.15) is 11.5 Å². The number of rotatable bonds is 6. The first-order valence-electron chi connectivity index (χ1n) is 9.62. The first-order valence-corrected chi connectivity index (χ1v) is 9.62. The molecule has 1 N–H and O–H groups in total. The molecule has 0 radical (unpaired) electrons. The Balaban J connectivity index is 1.62. The highest BCUT2D eigenvalue weighted by molar-refractivity contribution is 5.66. The zero-order chi connectivity index (χ0) is 20.2. The summed E-state index contributed by atoms with van der Waals surface area (Å²) in [6, 6.07) is 11.4. The van der Waals surface area contributed by atoms with Crippen LogP contribution >= 0.6 is 0 Å². The van der Waals surface area contributed by atoms with Gasteiger partial charge in [-0.25, -0.2) is 13.5 Å². The smallest absolute Gasteiger partial charge is 0.151 e. The lowest BCUT2D eigenvalue weighted by Gasteiger charge is -2.23. The predicted molar refractivity (Wildman–Crippen MR) is 106 cm³/mol. The van der Waals surface area contributed by atoms with Crippen LogP contribution in [-0.2, 0) is 16.0 Å². The molecule has 1 aliphatic rings. The average Bonchev–Trinajstić information content (AvgIpc) is 3.13. The van der Waals surface area contributed by atoms with Crippen molar-refractivity contribution >= 4 is 0 Å². The number of halogens is 2. The number of benzene rings is 2. The van der Waals surface area contributed by atoms with E-state index < -0.39 is 11.6 Å². The molecule has 2 aromatic carbocycles. The van der Waals surface area contributed by atoms with Crippen molar-refractivity contribution in [2.75, 3.05) is 26.4 Å². The molecule has 0 bridgehead atoms. The van der Waals surface area contributed by atoms with Crippen LogP contribution in [0.2, 0.25) is 0 Å². The van der Waals surface area contributed by atoms with Gasteiger partial charge in [0, 0.05) is 36.5 Å². The van der Waals surface area contributed by atoms with E-state index in [1.54, 1.807) is 6.20 Å². The molecule has 1 unspecified atom stereocenters. The largest absolute Gasteiger partial charge is 0.376 e. The van der Waals surface area contributed by atoms with Crippen LogP contribution in [0.15, 0.2) is 48.7 Å². The third kappa shape index (κ3) is 4.53. The van der Waals surface area contributed by atoms with Crippen molar-refractivity contribution in [3.05, 3.63) is 71.4 Å². The Labute approximate surface area is 168 Å². The van der Waals surface area contributed by atoms with Crippen LogP contribution in [0, 0.1) is 18.6 Å². The normalized spacial score (nSPS) is 16.9. The third-order valence-electron chi connectivity index (χ3n) is 4.92. The van der Waals surface area contributed by atoms with Crippen LogP contribution < -0.4 is 5.32 Å². The minimum Gasteiger partial charge on any atom is -0.376 e. The van der Waals surface area contributed by atoms with Gasteiger partial charge in [-0.3, -0.25) is 0 Å².